The molecule has 2 unspecified atom stereocenters. The monoisotopic (exact) mass is 277 g/mol. The van der Waals surface area contributed by atoms with E-state index in [0.717, 1.165) is 19.7 Å². The molecule has 1 N–H and O–H groups in total. The largest absolute Gasteiger partial charge is 0.372 e. The zero-order valence-electron chi connectivity index (χ0n) is 13.6. The Bertz CT molecular complexity index is 337. The van der Waals surface area contributed by atoms with E-state index in [1.807, 2.05) is 0 Å². The van der Waals surface area contributed by atoms with Crippen molar-refractivity contribution >= 4 is 0 Å². The van der Waals surface area contributed by atoms with Gasteiger partial charge < -0.3 is 10.1 Å². The van der Waals surface area contributed by atoms with Gasteiger partial charge in [0.1, 0.15) is 0 Å². The van der Waals surface area contributed by atoms with Crippen LogP contribution in [-0.2, 0) is 4.74 Å². The summed E-state index contributed by atoms with van der Waals surface area (Å²) in [6, 6.07) is 10.5. The first kappa shape index (κ1) is 17.2. The number of ether oxygens (including phenoxy) is 1. The molecule has 20 heavy (non-hydrogen) atoms. The SMILES string of the molecule is CCCC(C)COC(CNCC(C)C)c1ccccc1. The molecular formula is C18H31NO. The van der Waals surface area contributed by atoms with Gasteiger partial charge in [-0.15, -0.1) is 0 Å². The maximum atomic E-state index is 6.16. The van der Waals surface area contributed by atoms with Gasteiger partial charge in [-0.2, -0.15) is 0 Å². The number of benzene rings is 1. The summed E-state index contributed by atoms with van der Waals surface area (Å²) in [5, 5.41) is 3.51. The van der Waals surface area contributed by atoms with E-state index in [2.05, 4.69) is 63.3 Å². The second kappa shape index (κ2) is 9.95. The number of hydrogen-bond acceptors (Lipinski definition) is 2. The van der Waals surface area contributed by atoms with E-state index in [0.29, 0.717) is 11.8 Å². The van der Waals surface area contributed by atoms with Crippen molar-refractivity contribution < 1.29 is 4.74 Å². The molecule has 0 aliphatic carbocycles. The minimum atomic E-state index is 0.161. The molecule has 0 fully saturated rings. The lowest BCUT2D eigenvalue weighted by molar-refractivity contribution is 0.0296. The van der Waals surface area contributed by atoms with Crippen molar-refractivity contribution in [3.63, 3.8) is 0 Å². The van der Waals surface area contributed by atoms with Gasteiger partial charge in [0.25, 0.3) is 0 Å². The van der Waals surface area contributed by atoms with Crippen LogP contribution in [-0.4, -0.2) is 19.7 Å². The predicted octanol–water partition coefficient (Wildman–Crippen LogP) is 4.43. The molecule has 0 radical (unpaired) electrons. The van der Waals surface area contributed by atoms with Gasteiger partial charge >= 0.3 is 0 Å². The third-order valence-electron chi connectivity index (χ3n) is 3.42. The smallest absolute Gasteiger partial charge is 0.0949 e. The Labute approximate surface area is 124 Å². The minimum absolute atomic E-state index is 0.161. The molecule has 0 spiro atoms. The van der Waals surface area contributed by atoms with Crippen LogP contribution in [0, 0.1) is 11.8 Å². The molecule has 1 aromatic carbocycles. The predicted molar refractivity (Wildman–Crippen MR) is 86.9 cm³/mol. The van der Waals surface area contributed by atoms with Crippen LogP contribution < -0.4 is 5.32 Å². The van der Waals surface area contributed by atoms with Gasteiger partial charge in [0.2, 0.25) is 0 Å². The fourth-order valence-corrected chi connectivity index (χ4v) is 2.30. The molecule has 0 aliphatic rings. The maximum absolute atomic E-state index is 6.16. The normalized spacial score (nSPS) is 14.4. The van der Waals surface area contributed by atoms with Gasteiger partial charge in [0.15, 0.2) is 0 Å². The lowest BCUT2D eigenvalue weighted by Crippen LogP contribution is -2.27. The Hall–Kier alpha value is -0.860. The van der Waals surface area contributed by atoms with E-state index >= 15 is 0 Å². The Morgan fingerprint density at radius 2 is 1.75 bits per heavy atom. The molecule has 0 saturated carbocycles. The molecule has 0 bridgehead atoms. The second-order valence-electron chi connectivity index (χ2n) is 6.18. The first-order valence-electron chi connectivity index (χ1n) is 8.00. The molecule has 0 heterocycles. The third-order valence-corrected chi connectivity index (χ3v) is 3.42. The maximum Gasteiger partial charge on any atom is 0.0949 e. The van der Waals surface area contributed by atoms with Gasteiger partial charge in [0, 0.05) is 6.54 Å². The van der Waals surface area contributed by atoms with Gasteiger partial charge in [-0.25, -0.2) is 0 Å². The quantitative estimate of drug-likeness (QED) is 0.683. The molecule has 0 aromatic heterocycles. The van der Waals surface area contributed by atoms with E-state index < -0.39 is 0 Å². The summed E-state index contributed by atoms with van der Waals surface area (Å²) >= 11 is 0. The highest BCUT2D eigenvalue weighted by atomic mass is 16.5. The van der Waals surface area contributed by atoms with Crippen LogP contribution in [0.4, 0.5) is 0 Å². The van der Waals surface area contributed by atoms with Crippen LogP contribution in [0.5, 0.6) is 0 Å². The summed E-state index contributed by atoms with van der Waals surface area (Å²) in [4.78, 5) is 0. The van der Waals surface area contributed by atoms with Crippen LogP contribution >= 0.6 is 0 Å². The number of rotatable bonds is 10. The standard InChI is InChI=1S/C18H31NO/c1-5-9-16(4)14-20-18(13-19-12-15(2)3)17-10-7-6-8-11-17/h6-8,10-11,15-16,18-19H,5,9,12-14H2,1-4H3. The van der Waals surface area contributed by atoms with Gasteiger partial charge in [-0.1, -0.05) is 64.4 Å². The van der Waals surface area contributed by atoms with Gasteiger partial charge in [-0.05, 0) is 30.4 Å². The topological polar surface area (TPSA) is 21.3 Å². The molecule has 1 aromatic rings. The third kappa shape index (κ3) is 7.06. The van der Waals surface area contributed by atoms with Crippen LogP contribution in [0.3, 0.4) is 0 Å². The Kier molecular flexibility index (Phi) is 8.56. The van der Waals surface area contributed by atoms with Crippen molar-refractivity contribution in [3.8, 4) is 0 Å². The number of nitrogens with one attached hydrogen (secondary N) is 1. The molecule has 2 atom stereocenters. The van der Waals surface area contributed by atoms with E-state index in [1.54, 1.807) is 0 Å². The highest BCUT2D eigenvalue weighted by Crippen LogP contribution is 2.18. The molecule has 0 saturated heterocycles. The zero-order valence-corrected chi connectivity index (χ0v) is 13.6. The Morgan fingerprint density at radius 3 is 2.35 bits per heavy atom. The number of hydrogen-bond donors (Lipinski definition) is 1. The van der Waals surface area contributed by atoms with Crippen molar-refractivity contribution in [2.24, 2.45) is 11.8 Å². The van der Waals surface area contributed by atoms with Gasteiger partial charge in [-0.3, -0.25) is 0 Å². The fraction of sp³-hybridized carbons (Fsp3) is 0.667. The summed E-state index contributed by atoms with van der Waals surface area (Å²) in [5.74, 6) is 1.31. The minimum Gasteiger partial charge on any atom is -0.372 e. The molecule has 0 amide bonds. The Morgan fingerprint density at radius 1 is 1.05 bits per heavy atom. The van der Waals surface area contributed by atoms with E-state index in [4.69, 9.17) is 4.74 Å². The lowest BCUT2D eigenvalue weighted by Gasteiger charge is -2.22. The molecular weight excluding hydrogens is 246 g/mol. The summed E-state index contributed by atoms with van der Waals surface area (Å²) in [6.07, 6.45) is 2.63. The fourth-order valence-electron chi connectivity index (χ4n) is 2.30. The van der Waals surface area contributed by atoms with Crippen LogP contribution in [0.25, 0.3) is 0 Å². The first-order chi connectivity index (χ1) is 9.63. The van der Waals surface area contributed by atoms with Crippen molar-refractivity contribution in [1.82, 2.24) is 5.32 Å². The molecule has 1 rings (SSSR count). The van der Waals surface area contributed by atoms with E-state index in [-0.39, 0.29) is 6.10 Å². The van der Waals surface area contributed by atoms with E-state index in [9.17, 15) is 0 Å². The molecule has 2 nitrogen and oxygen atoms in total. The van der Waals surface area contributed by atoms with Crippen LogP contribution in [0.15, 0.2) is 30.3 Å². The van der Waals surface area contributed by atoms with Crippen LogP contribution in [0.1, 0.15) is 52.2 Å². The van der Waals surface area contributed by atoms with Crippen molar-refractivity contribution in [3.05, 3.63) is 35.9 Å². The highest BCUT2D eigenvalue weighted by Gasteiger charge is 2.13. The Balaban J connectivity index is 2.51. The lowest BCUT2D eigenvalue weighted by atomic mass is 10.1. The summed E-state index contributed by atoms with van der Waals surface area (Å²) in [7, 11) is 0. The van der Waals surface area contributed by atoms with Crippen molar-refractivity contribution in [1.29, 1.82) is 0 Å². The highest BCUT2D eigenvalue weighted by molar-refractivity contribution is 5.17. The molecule has 114 valence electrons. The van der Waals surface area contributed by atoms with Crippen molar-refractivity contribution in [2.45, 2.75) is 46.6 Å². The molecule has 2 heteroatoms. The summed E-state index contributed by atoms with van der Waals surface area (Å²) in [6.45, 7) is 11.7. The summed E-state index contributed by atoms with van der Waals surface area (Å²) in [5.41, 5.74) is 1.27. The first-order valence-corrected chi connectivity index (χ1v) is 8.00. The average Bonchev–Trinajstić information content (AvgIpc) is 2.43. The zero-order chi connectivity index (χ0) is 14.8. The van der Waals surface area contributed by atoms with Crippen molar-refractivity contribution in [2.75, 3.05) is 19.7 Å². The average molecular weight is 277 g/mol. The molecule has 0 aliphatic heterocycles. The van der Waals surface area contributed by atoms with E-state index in [1.165, 1.54) is 18.4 Å². The van der Waals surface area contributed by atoms with Crippen LogP contribution in [0.2, 0.25) is 0 Å². The summed E-state index contributed by atoms with van der Waals surface area (Å²) < 4.78 is 6.16. The van der Waals surface area contributed by atoms with Gasteiger partial charge in [0.05, 0.1) is 12.7 Å². The second-order valence-corrected chi connectivity index (χ2v) is 6.18.